The van der Waals surface area contributed by atoms with Gasteiger partial charge in [-0.15, -0.1) is 0 Å². The molecule has 0 aromatic heterocycles. The number of nitrogens with one attached hydrogen (secondary N) is 2. The Hall–Kier alpha value is -3.58. The van der Waals surface area contributed by atoms with Crippen molar-refractivity contribution in [3.63, 3.8) is 0 Å². The molecule has 29 heavy (non-hydrogen) atoms. The standard InChI is InChI=1S/C22H20N2O5/c25-18(17-7-3-5-14-4-1-2-6-16(14)17)13-23-21(26)22(27)24-15-8-9-19-20(12-15)29-11-10-28-19/h1-9,12,18,25H,10-11,13H2,(H,23,26)(H,24,27). The second-order valence-corrected chi connectivity index (χ2v) is 6.61. The van der Waals surface area contributed by atoms with Gasteiger partial charge in [0.05, 0.1) is 6.10 Å². The predicted octanol–water partition coefficient (Wildman–Crippen LogP) is 2.40. The van der Waals surface area contributed by atoms with E-state index in [9.17, 15) is 14.7 Å². The van der Waals surface area contributed by atoms with E-state index in [2.05, 4.69) is 10.6 Å². The summed E-state index contributed by atoms with van der Waals surface area (Å²) in [5, 5.41) is 17.4. The van der Waals surface area contributed by atoms with Gasteiger partial charge in [-0.1, -0.05) is 42.5 Å². The summed E-state index contributed by atoms with van der Waals surface area (Å²) in [6, 6.07) is 18.2. The molecule has 0 fully saturated rings. The average molecular weight is 392 g/mol. The zero-order valence-electron chi connectivity index (χ0n) is 15.6. The maximum Gasteiger partial charge on any atom is 0.313 e. The normalized spacial score (nSPS) is 13.6. The molecule has 0 saturated carbocycles. The number of anilines is 1. The number of aliphatic hydroxyl groups is 1. The van der Waals surface area contributed by atoms with E-state index in [1.54, 1.807) is 24.3 Å². The molecule has 3 aromatic carbocycles. The molecule has 3 N–H and O–H groups in total. The fourth-order valence-electron chi connectivity index (χ4n) is 3.23. The fourth-order valence-corrected chi connectivity index (χ4v) is 3.23. The van der Waals surface area contributed by atoms with Gasteiger partial charge in [0.25, 0.3) is 0 Å². The van der Waals surface area contributed by atoms with Crippen molar-refractivity contribution in [2.75, 3.05) is 25.1 Å². The number of carbonyl (C=O) groups is 2. The number of fused-ring (bicyclic) bond motifs is 2. The summed E-state index contributed by atoms with van der Waals surface area (Å²) >= 11 is 0. The summed E-state index contributed by atoms with van der Waals surface area (Å²) in [5.74, 6) is -0.552. The maximum atomic E-state index is 12.2. The number of carbonyl (C=O) groups excluding carboxylic acids is 2. The van der Waals surface area contributed by atoms with Crippen LogP contribution in [0.1, 0.15) is 11.7 Å². The Morgan fingerprint density at radius 2 is 1.69 bits per heavy atom. The molecule has 0 bridgehead atoms. The first-order chi connectivity index (χ1) is 14.1. The Kier molecular flexibility index (Phi) is 5.31. The van der Waals surface area contributed by atoms with Gasteiger partial charge in [-0.05, 0) is 28.5 Å². The number of hydrogen-bond acceptors (Lipinski definition) is 5. The Labute approximate surface area is 167 Å². The number of rotatable bonds is 4. The van der Waals surface area contributed by atoms with Gasteiger partial charge in [-0.3, -0.25) is 9.59 Å². The lowest BCUT2D eigenvalue weighted by Crippen LogP contribution is -2.37. The number of amides is 2. The van der Waals surface area contributed by atoms with Crippen molar-refractivity contribution in [3.05, 3.63) is 66.2 Å². The molecule has 1 unspecified atom stereocenters. The predicted molar refractivity (Wildman–Crippen MR) is 108 cm³/mol. The Balaban J connectivity index is 1.37. The van der Waals surface area contributed by atoms with E-state index < -0.39 is 17.9 Å². The molecule has 0 spiro atoms. The van der Waals surface area contributed by atoms with Crippen molar-refractivity contribution in [2.45, 2.75) is 6.10 Å². The van der Waals surface area contributed by atoms with Crippen LogP contribution in [0.4, 0.5) is 5.69 Å². The lowest BCUT2D eigenvalue weighted by molar-refractivity contribution is -0.136. The molecule has 1 atom stereocenters. The number of ether oxygens (including phenoxy) is 2. The third kappa shape index (κ3) is 4.14. The largest absolute Gasteiger partial charge is 0.486 e. The van der Waals surface area contributed by atoms with E-state index in [4.69, 9.17) is 9.47 Å². The van der Waals surface area contributed by atoms with Crippen LogP contribution in [0.3, 0.4) is 0 Å². The van der Waals surface area contributed by atoms with Crippen LogP contribution in [0.5, 0.6) is 11.5 Å². The third-order valence-corrected chi connectivity index (χ3v) is 4.64. The van der Waals surface area contributed by atoms with Crippen LogP contribution >= 0.6 is 0 Å². The minimum absolute atomic E-state index is 0.0819. The van der Waals surface area contributed by atoms with Gasteiger partial charge in [0, 0.05) is 18.3 Å². The monoisotopic (exact) mass is 392 g/mol. The lowest BCUT2D eigenvalue weighted by Gasteiger charge is -2.19. The van der Waals surface area contributed by atoms with Crippen LogP contribution in [0, 0.1) is 0 Å². The Morgan fingerprint density at radius 3 is 2.55 bits per heavy atom. The van der Waals surface area contributed by atoms with Gasteiger partial charge < -0.3 is 25.2 Å². The molecule has 7 nitrogen and oxygen atoms in total. The molecule has 2 amide bonds. The Bertz CT molecular complexity index is 1060. The molecule has 1 aliphatic rings. The second kappa shape index (κ2) is 8.20. The highest BCUT2D eigenvalue weighted by molar-refractivity contribution is 6.39. The van der Waals surface area contributed by atoms with Crippen LogP contribution in [0.2, 0.25) is 0 Å². The molecule has 4 rings (SSSR count). The molecule has 0 saturated heterocycles. The highest BCUT2D eigenvalue weighted by Gasteiger charge is 2.18. The molecule has 0 aliphatic carbocycles. The van der Waals surface area contributed by atoms with Crippen molar-refractivity contribution < 1.29 is 24.2 Å². The van der Waals surface area contributed by atoms with Crippen molar-refractivity contribution >= 4 is 28.3 Å². The summed E-state index contributed by atoms with van der Waals surface area (Å²) in [4.78, 5) is 24.3. The van der Waals surface area contributed by atoms with Gasteiger partial charge in [-0.25, -0.2) is 0 Å². The van der Waals surface area contributed by atoms with E-state index >= 15 is 0 Å². The number of benzene rings is 3. The number of aliphatic hydroxyl groups excluding tert-OH is 1. The molecule has 3 aromatic rings. The first-order valence-corrected chi connectivity index (χ1v) is 9.26. The third-order valence-electron chi connectivity index (χ3n) is 4.64. The highest BCUT2D eigenvalue weighted by Crippen LogP contribution is 2.32. The average Bonchev–Trinajstić information content (AvgIpc) is 2.76. The molecule has 1 heterocycles. The van der Waals surface area contributed by atoms with E-state index in [0.717, 1.165) is 10.8 Å². The molecule has 148 valence electrons. The van der Waals surface area contributed by atoms with Crippen molar-refractivity contribution in [3.8, 4) is 11.5 Å². The van der Waals surface area contributed by atoms with Crippen molar-refractivity contribution in [1.82, 2.24) is 5.32 Å². The summed E-state index contributed by atoms with van der Waals surface area (Å²) in [6.45, 7) is 0.818. The molecule has 0 radical (unpaired) electrons. The van der Waals surface area contributed by atoms with Gasteiger partial charge in [0.1, 0.15) is 13.2 Å². The van der Waals surface area contributed by atoms with Crippen LogP contribution in [-0.2, 0) is 9.59 Å². The van der Waals surface area contributed by atoms with E-state index in [-0.39, 0.29) is 6.54 Å². The van der Waals surface area contributed by atoms with Gasteiger partial charge in [-0.2, -0.15) is 0 Å². The van der Waals surface area contributed by atoms with Crippen molar-refractivity contribution in [2.24, 2.45) is 0 Å². The first kappa shape index (κ1) is 18.8. The quantitative estimate of drug-likeness (QED) is 0.593. The zero-order chi connectivity index (χ0) is 20.2. The number of hydrogen-bond donors (Lipinski definition) is 3. The lowest BCUT2D eigenvalue weighted by atomic mass is 10.0. The molecular formula is C22H20N2O5. The topological polar surface area (TPSA) is 96.9 Å². The van der Waals surface area contributed by atoms with Gasteiger partial charge >= 0.3 is 11.8 Å². The van der Waals surface area contributed by atoms with Crippen LogP contribution < -0.4 is 20.1 Å². The summed E-state index contributed by atoms with van der Waals surface area (Å²) in [5.41, 5.74) is 1.11. The first-order valence-electron chi connectivity index (χ1n) is 9.26. The van der Waals surface area contributed by atoms with E-state index in [1.165, 1.54) is 0 Å². The molecule has 7 heteroatoms. The summed E-state index contributed by atoms with van der Waals surface area (Å²) in [7, 11) is 0. The molecule has 1 aliphatic heterocycles. The van der Waals surface area contributed by atoms with E-state index in [0.29, 0.717) is 36.0 Å². The van der Waals surface area contributed by atoms with Crippen LogP contribution in [-0.4, -0.2) is 36.7 Å². The minimum Gasteiger partial charge on any atom is -0.486 e. The zero-order valence-corrected chi connectivity index (χ0v) is 15.6. The Morgan fingerprint density at radius 1 is 0.931 bits per heavy atom. The molecular weight excluding hydrogens is 372 g/mol. The van der Waals surface area contributed by atoms with Crippen LogP contribution in [0.15, 0.2) is 60.7 Å². The van der Waals surface area contributed by atoms with E-state index in [1.807, 2.05) is 36.4 Å². The maximum absolute atomic E-state index is 12.2. The smallest absolute Gasteiger partial charge is 0.313 e. The van der Waals surface area contributed by atoms with Crippen molar-refractivity contribution in [1.29, 1.82) is 0 Å². The van der Waals surface area contributed by atoms with Gasteiger partial charge in [0.15, 0.2) is 11.5 Å². The van der Waals surface area contributed by atoms with Crippen LogP contribution in [0.25, 0.3) is 10.8 Å². The summed E-state index contributed by atoms with van der Waals surface area (Å²) < 4.78 is 10.9. The summed E-state index contributed by atoms with van der Waals surface area (Å²) in [6.07, 6.45) is -0.938. The minimum atomic E-state index is -0.938. The highest BCUT2D eigenvalue weighted by atomic mass is 16.6. The second-order valence-electron chi connectivity index (χ2n) is 6.61. The van der Waals surface area contributed by atoms with Gasteiger partial charge in [0.2, 0.25) is 0 Å². The SMILES string of the molecule is O=C(NCC(O)c1cccc2ccccc12)C(=O)Nc1ccc2c(c1)OCCO2. The fraction of sp³-hybridized carbons (Fsp3) is 0.182.